The number of furan rings is 1. The van der Waals surface area contributed by atoms with Crippen LogP contribution in [-0.4, -0.2) is 78.4 Å². The van der Waals surface area contributed by atoms with Crippen molar-refractivity contribution in [1.82, 2.24) is 15.1 Å². The maximum absolute atomic E-state index is 13.1. The first kappa shape index (κ1) is 22.7. The lowest BCUT2D eigenvalue weighted by Gasteiger charge is -2.36. The second-order valence-corrected chi connectivity index (χ2v) is 8.08. The number of benzene rings is 1. The van der Waals surface area contributed by atoms with Crippen molar-refractivity contribution in [2.45, 2.75) is 12.5 Å². The predicted molar refractivity (Wildman–Crippen MR) is 118 cm³/mol. The summed E-state index contributed by atoms with van der Waals surface area (Å²) < 4.78 is 10.6. The topological polar surface area (TPSA) is 92.1 Å². The lowest BCUT2D eigenvalue weighted by Crippen LogP contribution is -2.56. The van der Waals surface area contributed by atoms with E-state index in [4.69, 9.17) is 9.15 Å². The number of carbonyl (C=O) groups excluding carboxylic acids is 3. The summed E-state index contributed by atoms with van der Waals surface area (Å²) in [6.07, 6.45) is 3.96. The molecule has 31 heavy (non-hydrogen) atoms. The van der Waals surface area contributed by atoms with Gasteiger partial charge in [-0.05, 0) is 42.7 Å². The Morgan fingerprint density at radius 2 is 1.77 bits per heavy atom. The zero-order valence-electron chi connectivity index (χ0n) is 17.5. The molecule has 0 bridgehead atoms. The first-order valence-corrected chi connectivity index (χ1v) is 11.6. The van der Waals surface area contributed by atoms with Crippen LogP contribution in [0.4, 0.5) is 0 Å². The molecule has 1 aliphatic rings. The Morgan fingerprint density at radius 1 is 1.06 bits per heavy atom. The second-order valence-electron chi connectivity index (χ2n) is 7.10. The molecule has 0 saturated carbocycles. The molecule has 2 heterocycles. The molecule has 1 aliphatic heterocycles. The standard InChI is InChI=1S/C22H27N3O5S/c1-31-15-9-18(23-20(26)16-30-17-6-3-2-4-7-17)21(27)24-10-12-25(13-11-24)22(28)19-8-5-14-29-19/h2-8,14,18H,9-13,15-16H2,1H3,(H,23,26)/t18-/m1/s1. The SMILES string of the molecule is CSCC[C@@H](NC(=O)COc1ccccc1)C(=O)N1CCN(C(=O)c2ccco2)CC1. The average molecular weight is 446 g/mol. The number of hydrogen-bond donors (Lipinski definition) is 1. The Kier molecular flexibility index (Phi) is 8.40. The van der Waals surface area contributed by atoms with E-state index in [1.165, 1.54) is 6.26 Å². The van der Waals surface area contributed by atoms with Crippen molar-refractivity contribution in [1.29, 1.82) is 0 Å². The third-order valence-corrected chi connectivity index (χ3v) is 5.61. The van der Waals surface area contributed by atoms with Gasteiger partial charge in [0.2, 0.25) is 5.91 Å². The Morgan fingerprint density at radius 3 is 2.42 bits per heavy atom. The number of nitrogens with one attached hydrogen (secondary N) is 1. The van der Waals surface area contributed by atoms with Crippen LogP contribution in [0, 0.1) is 0 Å². The van der Waals surface area contributed by atoms with Crippen LogP contribution < -0.4 is 10.1 Å². The van der Waals surface area contributed by atoms with E-state index in [-0.39, 0.29) is 24.3 Å². The Balaban J connectivity index is 1.52. The van der Waals surface area contributed by atoms with E-state index in [9.17, 15) is 14.4 Å². The van der Waals surface area contributed by atoms with Gasteiger partial charge < -0.3 is 24.3 Å². The lowest BCUT2D eigenvalue weighted by molar-refractivity contribution is -0.138. The first-order valence-electron chi connectivity index (χ1n) is 10.2. The molecule has 1 fully saturated rings. The molecule has 1 aromatic carbocycles. The molecule has 1 atom stereocenters. The number of hydrogen-bond acceptors (Lipinski definition) is 6. The largest absolute Gasteiger partial charge is 0.484 e. The quantitative estimate of drug-likeness (QED) is 0.634. The lowest BCUT2D eigenvalue weighted by atomic mass is 10.1. The number of carbonyl (C=O) groups is 3. The van der Waals surface area contributed by atoms with E-state index in [1.807, 2.05) is 24.5 Å². The number of amides is 3. The highest BCUT2D eigenvalue weighted by Crippen LogP contribution is 2.12. The van der Waals surface area contributed by atoms with E-state index in [2.05, 4.69) is 5.32 Å². The molecular formula is C22H27N3O5S. The smallest absolute Gasteiger partial charge is 0.289 e. The summed E-state index contributed by atoms with van der Waals surface area (Å²) in [6.45, 7) is 1.52. The van der Waals surface area contributed by atoms with Gasteiger partial charge in [-0.3, -0.25) is 14.4 Å². The molecule has 1 saturated heterocycles. The van der Waals surface area contributed by atoms with Crippen molar-refractivity contribution in [2.75, 3.05) is 44.8 Å². The van der Waals surface area contributed by atoms with Gasteiger partial charge in [-0.25, -0.2) is 0 Å². The summed E-state index contributed by atoms with van der Waals surface area (Å²) in [7, 11) is 0. The van der Waals surface area contributed by atoms with Crippen LogP contribution in [0.3, 0.4) is 0 Å². The van der Waals surface area contributed by atoms with Gasteiger partial charge in [0.15, 0.2) is 12.4 Å². The van der Waals surface area contributed by atoms with Gasteiger partial charge in [0.25, 0.3) is 11.8 Å². The number of rotatable bonds is 9. The van der Waals surface area contributed by atoms with Crippen LogP contribution in [0.25, 0.3) is 0 Å². The highest BCUT2D eigenvalue weighted by atomic mass is 32.2. The van der Waals surface area contributed by atoms with E-state index in [0.717, 1.165) is 5.75 Å². The third kappa shape index (κ3) is 6.52. The number of para-hydroxylation sites is 1. The van der Waals surface area contributed by atoms with E-state index >= 15 is 0 Å². The predicted octanol–water partition coefficient (Wildman–Crippen LogP) is 1.88. The monoisotopic (exact) mass is 445 g/mol. The van der Waals surface area contributed by atoms with E-state index < -0.39 is 6.04 Å². The highest BCUT2D eigenvalue weighted by molar-refractivity contribution is 7.98. The Hall–Kier alpha value is -2.94. The van der Waals surface area contributed by atoms with Crippen molar-refractivity contribution >= 4 is 29.5 Å². The molecule has 0 aliphatic carbocycles. The fraction of sp³-hybridized carbons (Fsp3) is 0.409. The van der Waals surface area contributed by atoms with Crippen molar-refractivity contribution < 1.29 is 23.5 Å². The van der Waals surface area contributed by atoms with Crippen molar-refractivity contribution in [3.8, 4) is 5.75 Å². The average Bonchev–Trinajstić information content (AvgIpc) is 3.35. The van der Waals surface area contributed by atoms with Gasteiger partial charge in [0, 0.05) is 26.2 Å². The summed E-state index contributed by atoms with van der Waals surface area (Å²) in [5.74, 6) is 0.988. The summed E-state index contributed by atoms with van der Waals surface area (Å²) in [5.41, 5.74) is 0. The minimum atomic E-state index is -0.619. The van der Waals surface area contributed by atoms with Gasteiger partial charge in [-0.15, -0.1) is 0 Å². The Bertz CT molecular complexity index is 851. The normalized spacial score (nSPS) is 14.7. The van der Waals surface area contributed by atoms with Gasteiger partial charge in [0.05, 0.1) is 6.26 Å². The maximum Gasteiger partial charge on any atom is 0.289 e. The summed E-state index contributed by atoms with van der Waals surface area (Å²) in [5, 5.41) is 2.81. The first-order chi connectivity index (χ1) is 15.1. The van der Waals surface area contributed by atoms with Crippen LogP contribution in [0.15, 0.2) is 53.1 Å². The molecule has 3 amide bonds. The summed E-state index contributed by atoms with van der Waals surface area (Å²) in [4.78, 5) is 41.2. The molecule has 166 valence electrons. The minimum Gasteiger partial charge on any atom is -0.484 e. The molecule has 3 rings (SSSR count). The van der Waals surface area contributed by atoms with Crippen LogP contribution >= 0.6 is 11.8 Å². The zero-order valence-corrected chi connectivity index (χ0v) is 18.3. The molecule has 0 radical (unpaired) electrons. The van der Waals surface area contributed by atoms with Crippen molar-refractivity contribution in [2.24, 2.45) is 0 Å². The molecule has 1 aromatic heterocycles. The zero-order chi connectivity index (χ0) is 22.1. The van der Waals surface area contributed by atoms with Gasteiger partial charge in [0.1, 0.15) is 11.8 Å². The summed E-state index contributed by atoms with van der Waals surface area (Å²) >= 11 is 1.62. The molecule has 9 heteroatoms. The van der Waals surface area contributed by atoms with Crippen molar-refractivity contribution in [3.05, 3.63) is 54.5 Å². The van der Waals surface area contributed by atoms with Crippen LogP contribution in [-0.2, 0) is 9.59 Å². The molecule has 0 spiro atoms. The fourth-order valence-electron chi connectivity index (χ4n) is 3.30. The number of nitrogens with zero attached hydrogens (tertiary/aromatic N) is 2. The molecule has 1 N–H and O–H groups in total. The Labute approximate surface area is 185 Å². The fourth-order valence-corrected chi connectivity index (χ4v) is 3.77. The second kappa shape index (κ2) is 11.5. The van der Waals surface area contributed by atoms with E-state index in [1.54, 1.807) is 45.8 Å². The molecule has 2 aromatic rings. The summed E-state index contributed by atoms with van der Waals surface area (Å²) in [6, 6.07) is 11.7. The third-order valence-electron chi connectivity index (χ3n) is 4.97. The van der Waals surface area contributed by atoms with Crippen molar-refractivity contribution in [3.63, 3.8) is 0 Å². The van der Waals surface area contributed by atoms with Crippen LogP contribution in [0.2, 0.25) is 0 Å². The molecule has 0 unspecified atom stereocenters. The number of ether oxygens (including phenoxy) is 1. The minimum absolute atomic E-state index is 0.132. The van der Waals surface area contributed by atoms with Crippen LogP contribution in [0.5, 0.6) is 5.75 Å². The molecule has 8 nitrogen and oxygen atoms in total. The van der Waals surface area contributed by atoms with Gasteiger partial charge in [-0.1, -0.05) is 18.2 Å². The maximum atomic E-state index is 13.1. The van der Waals surface area contributed by atoms with Gasteiger partial charge in [-0.2, -0.15) is 11.8 Å². The number of piperazine rings is 1. The number of thioether (sulfide) groups is 1. The van der Waals surface area contributed by atoms with Crippen LogP contribution in [0.1, 0.15) is 17.0 Å². The molecular weight excluding hydrogens is 418 g/mol. The van der Waals surface area contributed by atoms with Gasteiger partial charge >= 0.3 is 0 Å². The van der Waals surface area contributed by atoms with E-state index in [0.29, 0.717) is 44.1 Å². The highest BCUT2D eigenvalue weighted by Gasteiger charge is 2.30.